The van der Waals surface area contributed by atoms with E-state index in [9.17, 15) is 18.0 Å². The fourth-order valence-electron chi connectivity index (χ4n) is 2.17. The molecule has 1 heterocycles. The van der Waals surface area contributed by atoms with Crippen LogP contribution in [-0.4, -0.2) is 47.5 Å². The zero-order chi connectivity index (χ0) is 20.6. The van der Waals surface area contributed by atoms with Crippen LogP contribution in [0.15, 0.2) is 30.3 Å². The van der Waals surface area contributed by atoms with Crippen molar-refractivity contribution in [3.05, 3.63) is 41.6 Å². The topological polar surface area (TPSA) is 108 Å². The quantitative estimate of drug-likeness (QED) is 0.509. The third-order valence-electron chi connectivity index (χ3n) is 3.32. The summed E-state index contributed by atoms with van der Waals surface area (Å²) < 4.78 is 43.3. The minimum absolute atomic E-state index is 0.0109. The molecule has 2 rings (SSSR count). The zero-order valence-corrected chi connectivity index (χ0v) is 15.0. The highest BCUT2D eigenvalue weighted by Gasteiger charge is 2.30. The lowest BCUT2D eigenvalue weighted by Gasteiger charge is -2.11. The maximum absolute atomic E-state index is 12.7. The lowest BCUT2D eigenvalue weighted by molar-refractivity contribution is -0.137. The van der Waals surface area contributed by atoms with Crippen LogP contribution in [0.1, 0.15) is 11.3 Å². The van der Waals surface area contributed by atoms with Crippen LogP contribution in [0.2, 0.25) is 0 Å². The summed E-state index contributed by atoms with van der Waals surface area (Å²) in [5.74, 6) is 0.428. The van der Waals surface area contributed by atoms with Crippen molar-refractivity contribution in [1.29, 1.82) is 0 Å². The van der Waals surface area contributed by atoms with E-state index in [1.807, 2.05) is 0 Å². The van der Waals surface area contributed by atoms with Crippen molar-refractivity contribution in [2.75, 3.05) is 42.3 Å². The molecule has 0 atom stereocenters. The number of amides is 2. The number of rotatable bonds is 8. The largest absolute Gasteiger partial charge is 0.416 e. The molecular weight excluding hydrogens is 379 g/mol. The van der Waals surface area contributed by atoms with Gasteiger partial charge in [0.25, 0.3) is 0 Å². The van der Waals surface area contributed by atoms with Crippen LogP contribution in [0.5, 0.6) is 0 Å². The smallest absolute Gasteiger partial charge is 0.394 e. The summed E-state index contributed by atoms with van der Waals surface area (Å²) in [6.45, 7) is 2.63. The number of hydrogen-bond donors (Lipinski definition) is 4. The molecule has 28 heavy (non-hydrogen) atoms. The van der Waals surface area contributed by atoms with Gasteiger partial charge in [-0.15, -0.1) is 0 Å². The summed E-state index contributed by atoms with van der Waals surface area (Å²) in [6.07, 6.45) is -4.50. The standard InChI is InChI=1S/C17H20F3N5O3/c1-11-9-14(21-5-7-28-8-6-26)24-15(22-11)25-16(27)23-13-4-2-3-12(10-13)17(18,19)20/h2-4,9-10,26H,5-8H2,1H3,(H3,21,22,23,24,25,27). The minimum atomic E-state index is -4.50. The second kappa shape index (κ2) is 9.85. The third-order valence-corrected chi connectivity index (χ3v) is 3.32. The summed E-state index contributed by atoms with van der Waals surface area (Å²) in [6, 6.07) is 5.16. The van der Waals surface area contributed by atoms with Gasteiger partial charge in [-0.25, -0.2) is 9.78 Å². The Labute approximate surface area is 159 Å². The van der Waals surface area contributed by atoms with Gasteiger partial charge in [-0.1, -0.05) is 6.07 Å². The van der Waals surface area contributed by atoms with Crippen LogP contribution in [0.25, 0.3) is 0 Å². The van der Waals surface area contributed by atoms with Gasteiger partial charge in [-0.2, -0.15) is 18.2 Å². The van der Waals surface area contributed by atoms with Crippen molar-refractivity contribution in [2.24, 2.45) is 0 Å². The van der Waals surface area contributed by atoms with Crippen molar-refractivity contribution in [3.8, 4) is 0 Å². The molecule has 1 aromatic carbocycles. The van der Waals surface area contributed by atoms with Crippen LogP contribution in [0.3, 0.4) is 0 Å². The Morgan fingerprint density at radius 2 is 1.96 bits per heavy atom. The normalized spacial score (nSPS) is 11.2. The molecule has 4 N–H and O–H groups in total. The van der Waals surface area contributed by atoms with E-state index < -0.39 is 17.8 Å². The monoisotopic (exact) mass is 399 g/mol. The predicted molar refractivity (Wildman–Crippen MR) is 97.2 cm³/mol. The molecule has 0 unspecified atom stereocenters. The van der Waals surface area contributed by atoms with Crippen molar-refractivity contribution in [2.45, 2.75) is 13.1 Å². The molecule has 8 nitrogen and oxygen atoms in total. The number of anilines is 3. The Kier molecular flexibility index (Phi) is 7.52. The molecule has 0 fully saturated rings. The van der Waals surface area contributed by atoms with E-state index in [1.165, 1.54) is 12.1 Å². The van der Waals surface area contributed by atoms with E-state index in [4.69, 9.17) is 9.84 Å². The van der Waals surface area contributed by atoms with E-state index in [-0.39, 0.29) is 24.8 Å². The average Bonchev–Trinajstić information content (AvgIpc) is 2.60. The van der Waals surface area contributed by atoms with Crippen molar-refractivity contribution >= 4 is 23.5 Å². The Morgan fingerprint density at radius 1 is 1.18 bits per heavy atom. The third kappa shape index (κ3) is 7.00. The van der Waals surface area contributed by atoms with Crippen molar-refractivity contribution in [3.63, 3.8) is 0 Å². The number of alkyl halides is 3. The lowest BCUT2D eigenvalue weighted by atomic mass is 10.2. The van der Waals surface area contributed by atoms with Crippen molar-refractivity contribution < 1.29 is 27.8 Å². The van der Waals surface area contributed by atoms with Gasteiger partial charge >= 0.3 is 12.2 Å². The Bertz CT molecular complexity index is 802. The summed E-state index contributed by atoms with van der Waals surface area (Å²) in [5.41, 5.74) is -0.311. The minimum Gasteiger partial charge on any atom is -0.394 e. The molecule has 1 aromatic heterocycles. The summed E-state index contributed by atoms with van der Waals surface area (Å²) in [4.78, 5) is 20.2. The van der Waals surface area contributed by atoms with E-state index in [0.717, 1.165) is 12.1 Å². The molecule has 0 saturated heterocycles. The number of aryl methyl sites for hydroxylation is 1. The summed E-state index contributed by atoms with van der Waals surface area (Å²) >= 11 is 0. The van der Waals surface area contributed by atoms with Crippen LogP contribution < -0.4 is 16.0 Å². The molecule has 0 aliphatic heterocycles. The summed E-state index contributed by atoms with van der Waals surface area (Å²) in [5, 5.41) is 16.3. The molecule has 0 spiro atoms. The number of urea groups is 1. The van der Waals surface area contributed by atoms with Gasteiger partial charge in [0.15, 0.2) is 0 Å². The first-order valence-electron chi connectivity index (χ1n) is 8.31. The number of nitrogens with zero attached hydrogens (tertiary/aromatic N) is 2. The maximum atomic E-state index is 12.7. The second-order valence-electron chi connectivity index (χ2n) is 5.64. The lowest BCUT2D eigenvalue weighted by Crippen LogP contribution is -2.22. The Balaban J connectivity index is 1.96. The number of nitrogens with one attached hydrogen (secondary N) is 3. The molecule has 2 amide bonds. The number of aliphatic hydroxyl groups is 1. The number of hydrogen-bond acceptors (Lipinski definition) is 6. The summed E-state index contributed by atoms with van der Waals surface area (Å²) in [7, 11) is 0. The number of ether oxygens (including phenoxy) is 1. The van der Waals surface area contributed by atoms with Crippen LogP contribution >= 0.6 is 0 Å². The van der Waals surface area contributed by atoms with Crippen molar-refractivity contribution in [1.82, 2.24) is 9.97 Å². The fourth-order valence-corrected chi connectivity index (χ4v) is 2.17. The predicted octanol–water partition coefficient (Wildman–Crippen LogP) is 2.87. The molecule has 2 aromatic rings. The highest BCUT2D eigenvalue weighted by atomic mass is 19.4. The van der Waals surface area contributed by atoms with Gasteiger partial charge in [-0.05, 0) is 25.1 Å². The number of carbonyl (C=O) groups is 1. The number of benzene rings is 1. The maximum Gasteiger partial charge on any atom is 0.416 e. The van der Waals surface area contributed by atoms with Gasteiger partial charge < -0.3 is 20.5 Å². The molecule has 0 bridgehead atoms. The van der Waals surface area contributed by atoms with E-state index in [2.05, 4.69) is 25.9 Å². The molecular formula is C17H20F3N5O3. The molecule has 0 aliphatic rings. The van der Waals surface area contributed by atoms with E-state index in [1.54, 1.807) is 13.0 Å². The molecule has 11 heteroatoms. The van der Waals surface area contributed by atoms with Crippen LogP contribution in [-0.2, 0) is 10.9 Å². The van der Waals surface area contributed by atoms with E-state index >= 15 is 0 Å². The molecule has 0 saturated carbocycles. The first-order chi connectivity index (χ1) is 13.3. The fraction of sp³-hybridized carbons (Fsp3) is 0.353. The SMILES string of the molecule is Cc1cc(NCCOCCO)nc(NC(=O)Nc2cccc(C(F)(F)F)c2)n1. The molecule has 0 radical (unpaired) electrons. The Morgan fingerprint density at radius 3 is 2.68 bits per heavy atom. The number of carbonyl (C=O) groups excluding carboxylic acids is 1. The first kappa shape index (κ1) is 21.4. The average molecular weight is 399 g/mol. The highest BCUT2D eigenvalue weighted by molar-refractivity contribution is 5.98. The van der Waals surface area contributed by atoms with Gasteiger partial charge in [0.2, 0.25) is 5.95 Å². The van der Waals surface area contributed by atoms with Gasteiger partial charge in [0.05, 0.1) is 25.4 Å². The van der Waals surface area contributed by atoms with Crippen LogP contribution in [0, 0.1) is 6.92 Å². The second-order valence-corrected chi connectivity index (χ2v) is 5.64. The highest BCUT2D eigenvalue weighted by Crippen LogP contribution is 2.30. The Hall–Kier alpha value is -2.92. The number of aliphatic hydroxyl groups excluding tert-OH is 1. The zero-order valence-electron chi connectivity index (χ0n) is 15.0. The van der Waals surface area contributed by atoms with Crippen LogP contribution in [0.4, 0.5) is 35.4 Å². The van der Waals surface area contributed by atoms with E-state index in [0.29, 0.717) is 24.7 Å². The van der Waals surface area contributed by atoms with Gasteiger partial charge in [0, 0.05) is 24.0 Å². The first-order valence-corrected chi connectivity index (χ1v) is 8.31. The van der Waals surface area contributed by atoms with Gasteiger partial charge in [0.1, 0.15) is 5.82 Å². The molecule has 152 valence electrons. The number of halogens is 3. The number of aromatic nitrogens is 2. The molecule has 0 aliphatic carbocycles. The van der Waals surface area contributed by atoms with Gasteiger partial charge in [-0.3, -0.25) is 5.32 Å².